The summed E-state index contributed by atoms with van der Waals surface area (Å²) in [5, 5.41) is 3.59. The molecule has 134 valence electrons. The lowest BCUT2D eigenvalue weighted by atomic mass is 10.2. The fraction of sp³-hybridized carbons (Fsp3) is 0.316. The molecule has 0 saturated heterocycles. The van der Waals surface area contributed by atoms with Gasteiger partial charge in [-0.15, -0.1) is 0 Å². The maximum Gasteiger partial charge on any atom is 0.180 e. The molecule has 2 aromatic rings. The quantitative estimate of drug-likeness (QED) is 0.521. The average Bonchev–Trinajstić information content (AvgIpc) is 2.62. The maximum atomic E-state index is 6.42. The maximum absolute atomic E-state index is 6.42. The molecule has 0 aliphatic rings. The summed E-state index contributed by atoms with van der Waals surface area (Å²) in [6, 6.07) is 13.5. The number of nitrogens with one attached hydrogen (secondary N) is 1. The fourth-order valence-electron chi connectivity index (χ4n) is 2.20. The molecule has 0 unspecified atom stereocenters. The SMILES string of the molecule is CCOc1cc(C(=S)NCCOC)cc(Cl)c1OCc1ccccc1. The highest BCUT2D eigenvalue weighted by Gasteiger charge is 2.15. The van der Waals surface area contributed by atoms with E-state index in [0.717, 1.165) is 11.1 Å². The van der Waals surface area contributed by atoms with Gasteiger partial charge in [0.15, 0.2) is 11.5 Å². The van der Waals surface area contributed by atoms with Crippen molar-refractivity contribution in [3.8, 4) is 11.5 Å². The van der Waals surface area contributed by atoms with Crippen LogP contribution in [0.2, 0.25) is 5.02 Å². The number of thiocarbonyl (C=S) groups is 1. The van der Waals surface area contributed by atoms with Gasteiger partial charge in [0.25, 0.3) is 0 Å². The number of methoxy groups -OCH3 is 1. The largest absolute Gasteiger partial charge is 0.490 e. The number of ether oxygens (including phenoxy) is 3. The van der Waals surface area contributed by atoms with Gasteiger partial charge in [0, 0.05) is 19.2 Å². The van der Waals surface area contributed by atoms with E-state index in [4.69, 9.17) is 38.0 Å². The lowest BCUT2D eigenvalue weighted by Crippen LogP contribution is -2.26. The van der Waals surface area contributed by atoms with E-state index in [1.54, 1.807) is 13.2 Å². The van der Waals surface area contributed by atoms with E-state index in [1.165, 1.54) is 0 Å². The van der Waals surface area contributed by atoms with E-state index >= 15 is 0 Å². The molecular formula is C19H22ClNO3S. The molecule has 0 aliphatic heterocycles. The van der Waals surface area contributed by atoms with Crippen LogP contribution in [0, 0.1) is 0 Å². The van der Waals surface area contributed by atoms with Crippen LogP contribution in [-0.2, 0) is 11.3 Å². The Hall–Kier alpha value is -1.82. The molecule has 0 heterocycles. The first kappa shape index (κ1) is 19.5. The van der Waals surface area contributed by atoms with E-state index in [0.29, 0.717) is 47.9 Å². The zero-order valence-electron chi connectivity index (χ0n) is 14.4. The molecule has 0 saturated carbocycles. The van der Waals surface area contributed by atoms with Crippen molar-refractivity contribution in [2.24, 2.45) is 0 Å². The normalized spacial score (nSPS) is 10.4. The summed E-state index contributed by atoms with van der Waals surface area (Å²) in [6.07, 6.45) is 0. The van der Waals surface area contributed by atoms with E-state index in [2.05, 4.69) is 5.32 Å². The number of benzene rings is 2. The number of rotatable bonds is 9. The van der Waals surface area contributed by atoms with Gasteiger partial charge in [-0.3, -0.25) is 0 Å². The average molecular weight is 380 g/mol. The molecule has 6 heteroatoms. The fourth-order valence-corrected chi connectivity index (χ4v) is 2.69. The Morgan fingerprint density at radius 2 is 1.92 bits per heavy atom. The number of hydrogen-bond acceptors (Lipinski definition) is 4. The van der Waals surface area contributed by atoms with Crippen molar-refractivity contribution in [3.63, 3.8) is 0 Å². The van der Waals surface area contributed by atoms with Crippen molar-refractivity contribution < 1.29 is 14.2 Å². The van der Waals surface area contributed by atoms with Crippen LogP contribution >= 0.6 is 23.8 Å². The summed E-state index contributed by atoms with van der Waals surface area (Å²) in [7, 11) is 1.65. The van der Waals surface area contributed by atoms with E-state index < -0.39 is 0 Å². The van der Waals surface area contributed by atoms with E-state index in [-0.39, 0.29) is 0 Å². The van der Waals surface area contributed by atoms with Crippen LogP contribution < -0.4 is 14.8 Å². The van der Waals surface area contributed by atoms with E-state index in [9.17, 15) is 0 Å². The molecular weight excluding hydrogens is 358 g/mol. The zero-order valence-corrected chi connectivity index (χ0v) is 16.0. The lowest BCUT2D eigenvalue weighted by molar-refractivity contribution is 0.204. The molecule has 1 N–H and O–H groups in total. The summed E-state index contributed by atoms with van der Waals surface area (Å²) in [6.45, 7) is 4.03. The third-order valence-corrected chi connectivity index (χ3v) is 4.05. The Morgan fingerprint density at radius 3 is 2.60 bits per heavy atom. The van der Waals surface area contributed by atoms with Gasteiger partial charge < -0.3 is 19.5 Å². The third-order valence-electron chi connectivity index (χ3n) is 3.39. The van der Waals surface area contributed by atoms with Crippen molar-refractivity contribution in [2.75, 3.05) is 26.9 Å². The van der Waals surface area contributed by atoms with Gasteiger partial charge in [0.1, 0.15) is 11.6 Å². The first-order valence-electron chi connectivity index (χ1n) is 8.06. The second-order valence-electron chi connectivity index (χ2n) is 5.24. The van der Waals surface area contributed by atoms with E-state index in [1.807, 2.05) is 43.3 Å². The van der Waals surface area contributed by atoms with Crippen molar-refractivity contribution in [1.29, 1.82) is 0 Å². The Kier molecular flexibility index (Phi) is 7.98. The van der Waals surface area contributed by atoms with Crippen LogP contribution in [0.3, 0.4) is 0 Å². The molecule has 0 aromatic heterocycles. The van der Waals surface area contributed by atoms with Gasteiger partial charge >= 0.3 is 0 Å². The molecule has 4 nitrogen and oxygen atoms in total. The monoisotopic (exact) mass is 379 g/mol. The minimum absolute atomic E-state index is 0.413. The summed E-state index contributed by atoms with van der Waals surface area (Å²) in [5.41, 5.74) is 1.84. The van der Waals surface area contributed by atoms with Crippen LogP contribution in [0.25, 0.3) is 0 Å². The topological polar surface area (TPSA) is 39.7 Å². The highest BCUT2D eigenvalue weighted by molar-refractivity contribution is 7.80. The summed E-state index contributed by atoms with van der Waals surface area (Å²) in [5.74, 6) is 1.10. The molecule has 25 heavy (non-hydrogen) atoms. The van der Waals surface area contributed by atoms with Gasteiger partial charge in [-0.2, -0.15) is 0 Å². The van der Waals surface area contributed by atoms with Gasteiger partial charge in [-0.25, -0.2) is 0 Å². The Balaban J connectivity index is 2.17. The predicted molar refractivity (Wildman–Crippen MR) is 105 cm³/mol. The molecule has 0 amide bonds. The molecule has 0 fully saturated rings. The van der Waals surface area contributed by atoms with Gasteiger partial charge in [0.05, 0.1) is 18.2 Å². The number of hydrogen-bond donors (Lipinski definition) is 1. The Bertz CT molecular complexity index is 695. The minimum atomic E-state index is 0.413. The third kappa shape index (κ3) is 5.88. The predicted octanol–water partition coefficient (Wildman–Crippen LogP) is 4.23. The smallest absolute Gasteiger partial charge is 0.180 e. The second-order valence-corrected chi connectivity index (χ2v) is 6.06. The summed E-state index contributed by atoms with van der Waals surface area (Å²) in [4.78, 5) is 0.592. The Labute approximate surface area is 159 Å². The van der Waals surface area contributed by atoms with Crippen LogP contribution in [0.4, 0.5) is 0 Å². The first-order valence-corrected chi connectivity index (χ1v) is 8.84. The lowest BCUT2D eigenvalue weighted by Gasteiger charge is -2.16. The minimum Gasteiger partial charge on any atom is -0.490 e. The van der Waals surface area contributed by atoms with Crippen LogP contribution in [0.1, 0.15) is 18.1 Å². The van der Waals surface area contributed by atoms with Gasteiger partial charge in [-0.1, -0.05) is 54.2 Å². The second kappa shape index (κ2) is 10.2. The molecule has 0 spiro atoms. The van der Waals surface area contributed by atoms with Crippen molar-refractivity contribution in [2.45, 2.75) is 13.5 Å². The molecule has 0 atom stereocenters. The summed E-state index contributed by atoms with van der Waals surface area (Å²) >= 11 is 11.8. The van der Waals surface area contributed by atoms with Gasteiger partial charge in [0.2, 0.25) is 0 Å². The van der Waals surface area contributed by atoms with Crippen molar-refractivity contribution in [3.05, 3.63) is 58.6 Å². The molecule has 0 radical (unpaired) electrons. The molecule has 0 bridgehead atoms. The molecule has 0 aliphatic carbocycles. The van der Waals surface area contributed by atoms with Crippen LogP contribution in [-0.4, -0.2) is 31.9 Å². The van der Waals surface area contributed by atoms with Gasteiger partial charge in [-0.05, 0) is 24.6 Å². The molecule has 2 rings (SSSR count). The van der Waals surface area contributed by atoms with Crippen LogP contribution in [0.15, 0.2) is 42.5 Å². The highest BCUT2D eigenvalue weighted by Crippen LogP contribution is 2.37. The Morgan fingerprint density at radius 1 is 1.16 bits per heavy atom. The first-order chi connectivity index (χ1) is 12.2. The van der Waals surface area contributed by atoms with Crippen molar-refractivity contribution >= 4 is 28.8 Å². The standard InChI is InChI=1S/C19H22ClNO3S/c1-3-23-17-12-15(19(25)21-9-10-22-2)11-16(20)18(17)24-13-14-7-5-4-6-8-14/h4-8,11-12H,3,9-10,13H2,1-2H3,(H,21,25). The highest BCUT2D eigenvalue weighted by atomic mass is 35.5. The zero-order chi connectivity index (χ0) is 18.1. The number of halogens is 1. The molecule has 2 aromatic carbocycles. The van der Waals surface area contributed by atoms with Crippen molar-refractivity contribution in [1.82, 2.24) is 5.32 Å². The summed E-state index contributed by atoms with van der Waals surface area (Å²) < 4.78 is 16.6. The van der Waals surface area contributed by atoms with Crippen LogP contribution in [0.5, 0.6) is 11.5 Å².